The lowest BCUT2D eigenvalue weighted by Gasteiger charge is -2.14. The molecule has 0 spiro atoms. The average Bonchev–Trinajstić information content (AvgIpc) is 2.95. The molecule has 6 aromatic rings. The topological polar surface area (TPSA) is 58.9 Å². The van der Waals surface area contributed by atoms with Crippen LogP contribution in [0.15, 0.2) is 122 Å². The third kappa shape index (κ3) is 3.91. The number of hydrogen-bond acceptors (Lipinski definition) is 4. The predicted octanol–water partition coefficient (Wildman–Crippen LogP) is 7.40. The van der Waals surface area contributed by atoms with Crippen LogP contribution in [0.5, 0.6) is 5.75 Å². The SMILES string of the molecule is Oc1c(-c2ccc(-c3cccnc3)cc2)cc(-c2ccc(-c3cccnc3)cc2)c2cccnc12. The number of nitrogens with zero attached hydrogens (tertiary/aromatic N) is 3. The summed E-state index contributed by atoms with van der Waals surface area (Å²) >= 11 is 0. The molecular weight excluding hydrogens is 430 g/mol. The summed E-state index contributed by atoms with van der Waals surface area (Å²) in [5.74, 6) is 0.186. The van der Waals surface area contributed by atoms with Gasteiger partial charge in [0.15, 0.2) is 0 Å². The standard InChI is InChI=1S/C31H21N3O/c35-31-29(24-13-9-22(10-14-24)26-5-2-16-33-20-26)18-28(27-6-3-17-34-30(27)31)23-11-7-21(8-12-23)25-4-1-15-32-19-25/h1-20,35H. The molecule has 6 rings (SSSR count). The van der Waals surface area contributed by atoms with Crippen LogP contribution >= 0.6 is 0 Å². The van der Waals surface area contributed by atoms with E-state index in [-0.39, 0.29) is 5.75 Å². The predicted molar refractivity (Wildman–Crippen MR) is 141 cm³/mol. The summed E-state index contributed by atoms with van der Waals surface area (Å²) in [5, 5.41) is 12.1. The first kappa shape index (κ1) is 20.8. The highest BCUT2D eigenvalue weighted by Gasteiger charge is 2.15. The van der Waals surface area contributed by atoms with Gasteiger partial charge in [0.2, 0.25) is 0 Å². The molecule has 166 valence electrons. The lowest BCUT2D eigenvalue weighted by atomic mass is 9.92. The average molecular weight is 452 g/mol. The number of aromatic hydroxyl groups is 1. The van der Waals surface area contributed by atoms with E-state index in [0.717, 1.165) is 49.9 Å². The van der Waals surface area contributed by atoms with Gasteiger partial charge >= 0.3 is 0 Å². The van der Waals surface area contributed by atoms with Gasteiger partial charge in [-0.15, -0.1) is 0 Å². The van der Waals surface area contributed by atoms with Crippen molar-refractivity contribution < 1.29 is 5.11 Å². The maximum Gasteiger partial charge on any atom is 0.149 e. The molecule has 0 aliphatic rings. The van der Waals surface area contributed by atoms with E-state index < -0.39 is 0 Å². The first-order valence-electron chi connectivity index (χ1n) is 11.4. The Labute approximate surface area is 203 Å². The van der Waals surface area contributed by atoms with Crippen molar-refractivity contribution in [1.29, 1.82) is 0 Å². The summed E-state index contributed by atoms with van der Waals surface area (Å²) in [5.41, 5.74) is 8.66. The van der Waals surface area contributed by atoms with Crippen LogP contribution in [0.3, 0.4) is 0 Å². The van der Waals surface area contributed by atoms with Crippen LogP contribution in [0.4, 0.5) is 0 Å². The monoisotopic (exact) mass is 451 g/mol. The normalized spacial score (nSPS) is 11.0. The summed E-state index contributed by atoms with van der Waals surface area (Å²) in [7, 11) is 0. The number of rotatable bonds is 4. The minimum atomic E-state index is 0.186. The van der Waals surface area contributed by atoms with E-state index in [2.05, 4.69) is 63.5 Å². The highest BCUT2D eigenvalue weighted by Crippen LogP contribution is 2.41. The van der Waals surface area contributed by atoms with Gasteiger partial charge in [-0.1, -0.05) is 66.7 Å². The molecule has 0 aliphatic heterocycles. The zero-order valence-electron chi connectivity index (χ0n) is 18.8. The number of hydrogen-bond donors (Lipinski definition) is 1. The molecular formula is C31H21N3O. The van der Waals surface area contributed by atoms with E-state index in [9.17, 15) is 5.11 Å². The van der Waals surface area contributed by atoms with E-state index >= 15 is 0 Å². The van der Waals surface area contributed by atoms with Crippen molar-refractivity contribution in [3.63, 3.8) is 0 Å². The fourth-order valence-electron chi connectivity index (χ4n) is 4.44. The molecule has 3 aromatic carbocycles. The third-order valence-electron chi connectivity index (χ3n) is 6.25. The Kier molecular flexibility index (Phi) is 5.24. The molecule has 35 heavy (non-hydrogen) atoms. The van der Waals surface area contributed by atoms with Gasteiger partial charge in [0.25, 0.3) is 0 Å². The first-order chi connectivity index (χ1) is 17.3. The lowest BCUT2D eigenvalue weighted by Crippen LogP contribution is -1.90. The molecule has 4 nitrogen and oxygen atoms in total. The molecule has 3 aromatic heterocycles. The zero-order chi connectivity index (χ0) is 23.6. The number of aromatic nitrogens is 3. The highest BCUT2D eigenvalue weighted by atomic mass is 16.3. The van der Waals surface area contributed by atoms with Crippen molar-refractivity contribution >= 4 is 10.9 Å². The van der Waals surface area contributed by atoms with E-state index in [1.807, 2.05) is 54.9 Å². The van der Waals surface area contributed by atoms with Gasteiger partial charge in [-0.25, -0.2) is 0 Å². The fourth-order valence-corrected chi connectivity index (χ4v) is 4.44. The third-order valence-corrected chi connectivity index (χ3v) is 6.25. The highest BCUT2D eigenvalue weighted by molar-refractivity contribution is 6.02. The molecule has 4 heteroatoms. The van der Waals surface area contributed by atoms with Crippen molar-refractivity contribution in [2.24, 2.45) is 0 Å². The molecule has 0 aliphatic carbocycles. The van der Waals surface area contributed by atoms with E-state index in [1.54, 1.807) is 18.6 Å². The van der Waals surface area contributed by atoms with Crippen LogP contribution in [0.1, 0.15) is 0 Å². The van der Waals surface area contributed by atoms with Crippen LogP contribution in [-0.2, 0) is 0 Å². The van der Waals surface area contributed by atoms with Gasteiger partial charge in [0.1, 0.15) is 11.3 Å². The Hall–Kier alpha value is -4.83. The maximum atomic E-state index is 11.2. The second-order valence-electron chi connectivity index (χ2n) is 8.36. The van der Waals surface area contributed by atoms with Crippen molar-refractivity contribution in [1.82, 2.24) is 15.0 Å². The number of pyridine rings is 3. The summed E-state index contributed by atoms with van der Waals surface area (Å²) in [4.78, 5) is 12.9. The zero-order valence-corrected chi connectivity index (χ0v) is 18.8. The van der Waals surface area contributed by atoms with Gasteiger partial charge in [0.05, 0.1) is 0 Å². The maximum absolute atomic E-state index is 11.2. The Morgan fingerprint density at radius 2 is 1.00 bits per heavy atom. The van der Waals surface area contributed by atoms with Gasteiger partial charge in [-0.2, -0.15) is 0 Å². The molecule has 0 saturated heterocycles. The summed E-state index contributed by atoms with van der Waals surface area (Å²) in [6.45, 7) is 0. The van der Waals surface area contributed by atoms with E-state index in [4.69, 9.17) is 0 Å². The lowest BCUT2D eigenvalue weighted by molar-refractivity contribution is 0.482. The van der Waals surface area contributed by atoms with Crippen molar-refractivity contribution in [3.05, 3.63) is 122 Å². The molecule has 0 bridgehead atoms. The van der Waals surface area contributed by atoms with Crippen LogP contribution in [0.2, 0.25) is 0 Å². The molecule has 0 atom stereocenters. The Balaban J connectivity index is 1.46. The summed E-state index contributed by atoms with van der Waals surface area (Å²) in [6.07, 6.45) is 8.97. The Morgan fingerprint density at radius 3 is 1.54 bits per heavy atom. The van der Waals surface area contributed by atoms with Crippen LogP contribution < -0.4 is 0 Å². The second kappa shape index (κ2) is 8.84. The minimum absolute atomic E-state index is 0.186. The Morgan fingerprint density at radius 1 is 0.486 bits per heavy atom. The quantitative estimate of drug-likeness (QED) is 0.303. The van der Waals surface area contributed by atoms with Crippen LogP contribution in [0.25, 0.3) is 55.4 Å². The molecule has 0 fully saturated rings. The first-order valence-corrected chi connectivity index (χ1v) is 11.4. The molecule has 0 unspecified atom stereocenters. The molecule has 0 radical (unpaired) electrons. The van der Waals surface area contributed by atoms with Gasteiger partial charge in [-0.05, 0) is 63.2 Å². The van der Waals surface area contributed by atoms with Crippen molar-refractivity contribution in [2.75, 3.05) is 0 Å². The molecule has 0 saturated carbocycles. The largest absolute Gasteiger partial charge is 0.505 e. The smallest absolute Gasteiger partial charge is 0.149 e. The van der Waals surface area contributed by atoms with Crippen LogP contribution in [-0.4, -0.2) is 20.1 Å². The van der Waals surface area contributed by atoms with Crippen molar-refractivity contribution in [2.45, 2.75) is 0 Å². The number of phenolic OH excluding ortho intramolecular Hbond substituents is 1. The van der Waals surface area contributed by atoms with Crippen LogP contribution in [0, 0.1) is 0 Å². The minimum Gasteiger partial charge on any atom is -0.505 e. The second-order valence-corrected chi connectivity index (χ2v) is 8.36. The summed E-state index contributed by atoms with van der Waals surface area (Å²) < 4.78 is 0. The number of fused-ring (bicyclic) bond motifs is 1. The van der Waals surface area contributed by atoms with Gasteiger partial charge in [-0.3, -0.25) is 15.0 Å². The molecule has 3 heterocycles. The fraction of sp³-hybridized carbons (Fsp3) is 0. The summed E-state index contributed by atoms with van der Waals surface area (Å²) in [6, 6.07) is 30.5. The van der Waals surface area contributed by atoms with Gasteiger partial charge in [0, 0.05) is 41.9 Å². The Bertz CT molecular complexity index is 1610. The molecule has 1 N–H and O–H groups in total. The van der Waals surface area contributed by atoms with Gasteiger partial charge < -0.3 is 5.11 Å². The van der Waals surface area contributed by atoms with Crippen molar-refractivity contribution in [3.8, 4) is 50.3 Å². The molecule has 0 amide bonds. The van der Waals surface area contributed by atoms with E-state index in [1.165, 1.54) is 0 Å². The number of benzene rings is 3. The number of phenols is 1. The van der Waals surface area contributed by atoms with E-state index in [0.29, 0.717) is 5.52 Å².